The van der Waals surface area contributed by atoms with Gasteiger partial charge < -0.3 is 9.84 Å². The Bertz CT molecular complexity index is 790. The number of sulfone groups is 1. The lowest BCUT2D eigenvalue weighted by Gasteiger charge is -2.12. The molecule has 0 saturated carbocycles. The molecule has 0 spiro atoms. The molecule has 1 aromatic carbocycles. The van der Waals surface area contributed by atoms with E-state index in [-0.39, 0.29) is 4.90 Å². The lowest BCUT2D eigenvalue weighted by molar-refractivity contribution is 0.154. The van der Waals surface area contributed by atoms with Gasteiger partial charge >= 0.3 is 0 Å². The van der Waals surface area contributed by atoms with Gasteiger partial charge in [0, 0.05) is 24.4 Å². The van der Waals surface area contributed by atoms with Crippen molar-refractivity contribution in [1.82, 2.24) is 4.98 Å². The summed E-state index contributed by atoms with van der Waals surface area (Å²) in [4.78, 5) is 4.37. The first-order valence-electron chi connectivity index (χ1n) is 7.04. The third kappa shape index (κ3) is 4.92. The molecule has 0 radical (unpaired) electrons. The van der Waals surface area contributed by atoms with E-state index in [1.165, 1.54) is 12.3 Å². The number of nitrogens with zero attached hydrogens (tertiary/aromatic N) is 1. The first-order valence-corrected chi connectivity index (χ1v) is 9.31. The Kier molecular flexibility index (Phi) is 5.62. The van der Waals surface area contributed by atoms with Gasteiger partial charge in [-0.15, -0.1) is 0 Å². The lowest BCUT2D eigenvalue weighted by atomic mass is 10.1. The molecule has 1 aromatic heterocycles. The van der Waals surface area contributed by atoms with Crippen molar-refractivity contribution < 1.29 is 18.3 Å². The fourth-order valence-corrected chi connectivity index (χ4v) is 2.79. The van der Waals surface area contributed by atoms with Crippen molar-refractivity contribution in [3.05, 3.63) is 41.6 Å². The molecule has 0 aliphatic carbocycles. The molecular formula is C16H18ClNO4S. The molecule has 0 aliphatic rings. The van der Waals surface area contributed by atoms with E-state index in [0.717, 1.165) is 6.26 Å². The van der Waals surface area contributed by atoms with Gasteiger partial charge in [-0.05, 0) is 30.7 Å². The van der Waals surface area contributed by atoms with E-state index in [1.807, 2.05) is 0 Å². The molecular weight excluding hydrogens is 338 g/mol. The molecule has 1 heterocycles. The normalized spacial score (nSPS) is 12.9. The summed E-state index contributed by atoms with van der Waals surface area (Å²) in [5.41, 5.74) is 1.25. The molecule has 5 nitrogen and oxygen atoms in total. The zero-order chi connectivity index (χ0) is 17.0. The predicted octanol–water partition coefficient (Wildman–Crippen LogP) is 2.96. The monoisotopic (exact) mass is 355 g/mol. The maximum absolute atomic E-state index is 11.7. The summed E-state index contributed by atoms with van der Waals surface area (Å²) in [5, 5.41) is 9.72. The minimum Gasteiger partial charge on any atom is -0.477 e. The first-order chi connectivity index (χ1) is 10.8. The number of benzene rings is 1. The highest BCUT2D eigenvalue weighted by atomic mass is 35.5. The van der Waals surface area contributed by atoms with Gasteiger partial charge in [-0.1, -0.05) is 23.7 Å². The molecule has 0 saturated heterocycles. The zero-order valence-electron chi connectivity index (χ0n) is 12.9. The Morgan fingerprint density at radius 2 is 2.09 bits per heavy atom. The van der Waals surface area contributed by atoms with Crippen LogP contribution in [0.1, 0.15) is 13.3 Å². The van der Waals surface area contributed by atoms with E-state index in [2.05, 4.69) is 4.98 Å². The van der Waals surface area contributed by atoms with Crippen LogP contribution in [0.3, 0.4) is 0 Å². The lowest BCUT2D eigenvalue weighted by Crippen LogP contribution is -2.08. The van der Waals surface area contributed by atoms with Crippen molar-refractivity contribution in [2.24, 2.45) is 0 Å². The summed E-state index contributed by atoms with van der Waals surface area (Å²) in [6, 6.07) is 8.19. The van der Waals surface area contributed by atoms with Gasteiger partial charge in [-0.2, -0.15) is 0 Å². The Morgan fingerprint density at radius 1 is 1.35 bits per heavy atom. The second kappa shape index (κ2) is 7.29. The highest BCUT2D eigenvalue weighted by molar-refractivity contribution is 7.90. The fraction of sp³-hybridized carbons (Fsp3) is 0.312. The van der Waals surface area contributed by atoms with Crippen LogP contribution < -0.4 is 4.74 Å². The summed E-state index contributed by atoms with van der Waals surface area (Å²) < 4.78 is 29.0. The highest BCUT2D eigenvalue weighted by Gasteiger charge is 2.13. The Hall–Kier alpha value is -1.63. The van der Waals surface area contributed by atoms with Gasteiger partial charge in [0.2, 0.25) is 5.88 Å². The van der Waals surface area contributed by atoms with Gasteiger partial charge in [0.1, 0.15) is 0 Å². The van der Waals surface area contributed by atoms with Crippen molar-refractivity contribution in [3.63, 3.8) is 0 Å². The van der Waals surface area contributed by atoms with E-state index < -0.39 is 15.9 Å². The maximum Gasteiger partial charge on any atom is 0.221 e. The third-order valence-electron chi connectivity index (χ3n) is 3.17. The van der Waals surface area contributed by atoms with E-state index >= 15 is 0 Å². The van der Waals surface area contributed by atoms with Crippen LogP contribution in [-0.4, -0.2) is 37.5 Å². The number of rotatable bonds is 6. The Morgan fingerprint density at radius 3 is 2.74 bits per heavy atom. The fourth-order valence-electron chi connectivity index (χ4n) is 1.97. The van der Waals surface area contributed by atoms with Crippen LogP contribution in [0, 0.1) is 0 Å². The SMILES string of the molecule is CC(O)CCOc1ncc(Cl)cc1-c1cccc(S(C)(=O)=O)c1. The van der Waals surface area contributed by atoms with Crippen LogP contribution in [0.5, 0.6) is 5.88 Å². The molecule has 23 heavy (non-hydrogen) atoms. The average molecular weight is 356 g/mol. The quantitative estimate of drug-likeness (QED) is 0.862. The van der Waals surface area contributed by atoms with Crippen LogP contribution in [0.15, 0.2) is 41.4 Å². The van der Waals surface area contributed by atoms with Crippen LogP contribution in [0.25, 0.3) is 11.1 Å². The van der Waals surface area contributed by atoms with E-state index in [0.29, 0.717) is 35.1 Å². The Balaban J connectivity index is 2.40. The molecule has 0 aliphatic heterocycles. The number of aromatic nitrogens is 1. The summed E-state index contributed by atoms with van der Waals surface area (Å²) in [7, 11) is -3.31. The standard InChI is InChI=1S/C16H18ClNO4S/c1-11(19)6-7-22-16-15(9-13(17)10-18-16)12-4-3-5-14(8-12)23(2,20)21/h3-5,8-11,19H,6-7H2,1-2H3. The van der Waals surface area contributed by atoms with E-state index in [1.54, 1.807) is 31.2 Å². The van der Waals surface area contributed by atoms with E-state index in [9.17, 15) is 13.5 Å². The second-order valence-corrected chi connectivity index (χ2v) is 7.74. The van der Waals surface area contributed by atoms with Gasteiger partial charge in [0.15, 0.2) is 9.84 Å². The molecule has 0 fully saturated rings. The minimum absolute atomic E-state index is 0.213. The van der Waals surface area contributed by atoms with Crippen molar-refractivity contribution in [1.29, 1.82) is 0 Å². The number of aliphatic hydroxyl groups excluding tert-OH is 1. The molecule has 0 amide bonds. The zero-order valence-corrected chi connectivity index (χ0v) is 14.4. The van der Waals surface area contributed by atoms with Crippen LogP contribution in [0.4, 0.5) is 0 Å². The van der Waals surface area contributed by atoms with Gasteiger partial charge in [-0.3, -0.25) is 0 Å². The average Bonchev–Trinajstić information content (AvgIpc) is 2.47. The molecule has 1 unspecified atom stereocenters. The van der Waals surface area contributed by atoms with Crippen molar-refractivity contribution in [2.45, 2.75) is 24.3 Å². The van der Waals surface area contributed by atoms with Crippen LogP contribution >= 0.6 is 11.6 Å². The van der Waals surface area contributed by atoms with Crippen molar-refractivity contribution in [3.8, 4) is 17.0 Å². The summed E-state index contributed by atoms with van der Waals surface area (Å²) in [5.74, 6) is 0.348. The Labute approximate surface area is 140 Å². The van der Waals surface area contributed by atoms with Gasteiger partial charge in [-0.25, -0.2) is 13.4 Å². The number of aliphatic hydroxyl groups is 1. The molecule has 2 aromatic rings. The molecule has 0 bridgehead atoms. The molecule has 1 N–H and O–H groups in total. The summed E-state index contributed by atoms with van der Waals surface area (Å²) in [6.45, 7) is 1.97. The van der Waals surface area contributed by atoms with E-state index in [4.69, 9.17) is 16.3 Å². The smallest absolute Gasteiger partial charge is 0.221 e. The van der Waals surface area contributed by atoms with Gasteiger partial charge in [0.05, 0.1) is 22.6 Å². The second-order valence-electron chi connectivity index (χ2n) is 5.29. The number of halogens is 1. The number of pyridine rings is 1. The van der Waals surface area contributed by atoms with Crippen LogP contribution in [-0.2, 0) is 9.84 Å². The molecule has 2 rings (SSSR count). The first kappa shape index (κ1) is 17.7. The largest absolute Gasteiger partial charge is 0.477 e. The van der Waals surface area contributed by atoms with Crippen molar-refractivity contribution in [2.75, 3.05) is 12.9 Å². The van der Waals surface area contributed by atoms with Crippen LogP contribution in [0.2, 0.25) is 5.02 Å². The predicted molar refractivity (Wildman–Crippen MR) is 89.6 cm³/mol. The van der Waals surface area contributed by atoms with Gasteiger partial charge in [0.25, 0.3) is 0 Å². The summed E-state index contributed by atoms with van der Waals surface area (Å²) in [6.07, 6.45) is 2.61. The number of hydrogen-bond acceptors (Lipinski definition) is 5. The molecule has 7 heteroatoms. The maximum atomic E-state index is 11.7. The molecule has 1 atom stereocenters. The topological polar surface area (TPSA) is 76.5 Å². The molecule has 124 valence electrons. The third-order valence-corrected chi connectivity index (χ3v) is 4.48. The van der Waals surface area contributed by atoms with Crippen molar-refractivity contribution >= 4 is 21.4 Å². The number of hydrogen-bond donors (Lipinski definition) is 1. The minimum atomic E-state index is -3.31. The number of ether oxygens (including phenoxy) is 1. The summed E-state index contributed by atoms with van der Waals surface area (Å²) >= 11 is 6.00. The highest BCUT2D eigenvalue weighted by Crippen LogP contribution is 2.32.